The predicted molar refractivity (Wildman–Crippen MR) is 67.0 cm³/mol. The van der Waals surface area contributed by atoms with Crippen molar-refractivity contribution in [3.05, 3.63) is 23.9 Å². The first-order chi connectivity index (χ1) is 7.99. The number of amides is 1. The van der Waals surface area contributed by atoms with E-state index < -0.39 is 5.91 Å². The van der Waals surface area contributed by atoms with Crippen molar-refractivity contribution in [3.63, 3.8) is 0 Å². The second-order valence-electron chi connectivity index (χ2n) is 4.97. The Labute approximate surface area is 101 Å². The number of piperazine rings is 1. The second-order valence-corrected chi connectivity index (χ2v) is 4.97. The predicted octanol–water partition coefficient (Wildman–Crippen LogP) is 0.369. The van der Waals surface area contributed by atoms with E-state index in [-0.39, 0.29) is 5.54 Å². The molecule has 1 saturated heterocycles. The minimum atomic E-state index is -0.426. The Morgan fingerprint density at radius 2 is 2.35 bits per heavy atom. The molecule has 0 atom stereocenters. The number of aromatic nitrogens is 1. The minimum Gasteiger partial charge on any atom is -0.365 e. The largest absolute Gasteiger partial charge is 0.365 e. The molecule has 3 N–H and O–H groups in total. The third kappa shape index (κ3) is 2.55. The first kappa shape index (κ1) is 11.9. The molecule has 0 saturated carbocycles. The number of nitrogens with zero attached hydrogens (tertiary/aromatic N) is 2. The van der Waals surface area contributed by atoms with Gasteiger partial charge in [0.05, 0.1) is 5.56 Å². The van der Waals surface area contributed by atoms with Gasteiger partial charge in [0.25, 0.3) is 5.91 Å². The molecule has 1 aromatic heterocycles. The molecule has 92 valence electrons. The quantitative estimate of drug-likeness (QED) is 0.775. The molecule has 0 unspecified atom stereocenters. The summed E-state index contributed by atoms with van der Waals surface area (Å²) in [5, 5.41) is 3.42. The van der Waals surface area contributed by atoms with E-state index in [4.69, 9.17) is 5.73 Å². The zero-order valence-corrected chi connectivity index (χ0v) is 10.2. The summed E-state index contributed by atoms with van der Waals surface area (Å²) in [5.41, 5.74) is 5.88. The number of carbonyl (C=O) groups is 1. The summed E-state index contributed by atoms with van der Waals surface area (Å²) in [7, 11) is 0. The van der Waals surface area contributed by atoms with Gasteiger partial charge in [-0.15, -0.1) is 0 Å². The number of nitrogens with one attached hydrogen (secondary N) is 1. The van der Waals surface area contributed by atoms with Crippen LogP contribution in [0.5, 0.6) is 0 Å². The van der Waals surface area contributed by atoms with Crippen molar-refractivity contribution in [2.24, 2.45) is 5.73 Å². The van der Waals surface area contributed by atoms with Crippen LogP contribution in [0.15, 0.2) is 18.3 Å². The minimum absolute atomic E-state index is 0.0185. The molecular formula is C12H18N4O. The Kier molecular flexibility index (Phi) is 3.02. The summed E-state index contributed by atoms with van der Waals surface area (Å²) < 4.78 is 0. The third-order valence-electron chi connectivity index (χ3n) is 2.92. The van der Waals surface area contributed by atoms with Crippen molar-refractivity contribution in [1.82, 2.24) is 10.3 Å². The Balaban J connectivity index is 2.30. The summed E-state index contributed by atoms with van der Waals surface area (Å²) >= 11 is 0. The van der Waals surface area contributed by atoms with Gasteiger partial charge in [-0.3, -0.25) is 4.79 Å². The van der Waals surface area contributed by atoms with Crippen LogP contribution < -0.4 is 16.0 Å². The molecule has 5 heteroatoms. The van der Waals surface area contributed by atoms with Crippen LogP contribution in [-0.4, -0.2) is 36.1 Å². The molecule has 1 aromatic rings. The van der Waals surface area contributed by atoms with Crippen LogP contribution in [0.25, 0.3) is 0 Å². The average Bonchev–Trinajstić information content (AvgIpc) is 2.27. The molecule has 2 heterocycles. The molecule has 1 amide bonds. The lowest BCUT2D eigenvalue weighted by Gasteiger charge is -2.40. The first-order valence-electron chi connectivity index (χ1n) is 5.74. The fourth-order valence-corrected chi connectivity index (χ4v) is 2.16. The van der Waals surface area contributed by atoms with Crippen LogP contribution in [0.1, 0.15) is 24.2 Å². The molecule has 2 rings (SSSR count). The highest BCUT2D eigenvalue weighted by atomic mass is 16.1. The van der Waals surface area contributed by atoms with Gasteiger partial charge in [-0.25, -0.2) is 4.98 Å². The molecule has 0 aromatic carbocycles. The van der Waals surface area contributed by atoms with Crippen LogP contribution in [-0.2, 0) is 0 Å². The SMILES string of the molecule is CC1(C)CN(c2ncccc2C(N)=O)CCN1. The number of nitrogens with two attached hydrogens (primary N) is 1. The van der Waals surface area contributed by atoms with Crippen LogP contribution in [0.3, 0.4) is 0 Å². The van der Waals surface area contributed by atoms with Gasteiger partial charge in [-0.1, -0.05) is 0 Å². The molecule has 0 aliphatic carbocycles. The van der Waals surface area contributed by atoms with Gasteiger partial charge >= 0.3 is 0 Å². The Morgan fingerprint density at radius 3 is 3.00 bits per heavy atom. The highest BCUT2D eigenvalue weighted by Crippen LogP contribution is 2.21. The number of hydrogen-bond donors (Lipinski definition) is 2. The van der Waals surface area contributed by atoms with Crippen LogP contribution in [0.2, 0.25) is 0 Å². The third-order valence-corrected chi connectivity index (χ3v) is 2.92. The van der Waals surface area contributed by atoms with E-state index in [0.29, 0.717) is 11.4 Å². The number of pyridine rings is 1. The first-order valence-corrected chi connectivity index (χ1v) is 5.74. The van der Waals surface area contributed by atoms with Crippen molar-refractivity contribution >= 4 is 11.7 Å². The highest BCUT2D eigenvalue weighted by Gasteiger charge is 2.28. The summed E-state index contributed by atoms with van der Waals surface area (Å²) in [6.07, 6.45) is 1.69. The lowest BCUT2D eigenvalue weighted by atomic mass is 10.0. The fourth-order valence-electron chi connectivity index (χ4n) is 2.16. The van der Waals surface area contributed by atoms with Gasteiger partial charge in [0.2, 0.25) is 0 Å². The number of anilines is 1. The van der Waals surface area contributed by atoms with Crippen LogP contribution in [0.4, 0.5) is 5.82 Å². The normalized spacial score (nSPS) is 19.1. The maximum absolute atomic E-state index is 11.4. The van der Waals surface area contributed by atoms with Crippen molar-refractivity contribution in [1.29, 1.82) is 0 Å². The van der Waals surface area contributed by atoms with Gasteiger partial charge in [-0.2, -0.15) is 0 Å². The van der Waals surface area contributed by atoms with E-state index in [0.717, 1.165) is 19.6 Å². The molecule has 17 heavy (non-hydrogen) atoms. The van der Waals surface area contributed by atoms with Crippen LogP contribution >= 0.6 is 0 Å². The van der Waals surface area contributed by atoms with E-state index in [1.165, 1.54) is 0 Å². The van der Waals surface area contributed by atoms with E-state index in [2.05, 4.69) is 29.0 Å². The maximum Gasteiger partial charge on any atom is 0.252 e. The Morgan fingerprint density at radius 1 is 1.59 bits per heavy atom. The van der Waals surface area contributed by atoms with Crippen molar-refractivity contribution in [3.8, 4) is 0 Å². The van der Waals surface area contributed by atoms with Crippen LogP contribution in [0, 0.1) is 0 Å². The van der Waals surface area contributed by atoms with E-state index in [1.807, 2.05) is 0 Å². The molecule has 1 fully saturated rings. The fraction of sp³-hybridized carbons (Fsp3) is 0.500. The molecule has 0 bridgehead atoms. The molecule has 1 aliphatic rings. The van der Waals surface area contributed by atoms with Crippen molar-refractivity contribution < 1.29 is 4.79 Å². The summed E-state index contributed by atoms with van der Waals surface area (Å²) in [6.45, 7) is 6.78. The number of rotatable bonds is 2. The number of primary amides is 1. The Bertz CT molecular complexity index is 430. The van der Waals surface area contributed by atoms with E-state index in [1.54, 1.807) is 18.3 Å². The topological polar surface area (TPSA) is 71.2 Å². The van der Waals surface area contributed by atoms with Gasteiger partial charge in [0, 0.05) is 31.4 Å². The maximum atomic E-state index is 11.4. The number of hydrogen-bond acceptors (Lipinski definition) is 4. The lowest BCUT2D eigenvalue weighted by Crippen LogP contribution is -2.57. The Hall–Kier alpha value is -1.62. The summed E-state index contributed by atoms with van der Waals surface area (Å²) in [4.78, 5) is 17.8. The zero-order valence-electron chi connectivity index (χ0n) is 10.2. The summed E-state index contributed by atoms with van der Waals surface area (Å²) in [6, 6.07) is 3.45. The monoisotopic (exact) mass is 234 g/mol. The van der Waals surface area contributed by atoms with Gasteiger partial charge in [0.15, 0.2) is 0 Å². The molecule has 1 aliphatic heterocycles. The summed E-state index contributed by atoms with van der Waals surface area (Å²) in [5.74, 6) is 0.263. The molecular weight excluding hydrogens is 216 g/mol. The molecule has 0 spiro atoms. The molecule has 5 nitrogen and oxygen atoms in total. The smallest absolute Gasteiger partial charge is 0.252 e. The molecule has 0 radical (unpaired) electrons. The van der Waals surface area contributed by atoms with E-state index >= 15 is 0 Å². The van der Waals surface area contributed by atoms with Gasteiger partial charge < -0.3 is 16.0 Å². The highest BCUT2D eigenvalue weighted by molar-refractivity contribution is 5.97. The standard InChI is InChI=1S/C12H18N4O/c1-12(2)8-16(7-6-15-12)11-9(10(13)17)4-3-5-14-11/h3-5,15H,6-8H2,1-2H3,(H2,13,17). The van der Waals surface area contributed by atoms with Gasteiger partial charge in [0.1, 0.15) is 5.82 Å². The zero-order chi connectivity index (χ0) is 12.5. The van der Waals surface area contributed by atoms with Crippen molar-refractivity contribution in [2.75, 3.05) is 24.5 Å². The van der Waals surface area contributed by atoms with Crippen molar-refractivity contribution in [2.45, 2.75) is 19.4 Å². The number of carbonyl (C=O) groups excluding carboxylic acids is 1. The van der Waals surface area contributed by atoms with E-state index in [9.17, 15) is 4.79 Å². The lowest BCUT2D eigenvalue weighted by molar-refractivity contribution is 0.1000. The second kappa shape index (κ2) is 4.33. The average molecular weight is 234 g/mol. The van der Waals surface area contributed by atoms with Gasteiger partial charge in [-0.05, 0) is 26.0 Å².